The standard InChI is InChI=1S/C20H21FN4O/c21-15-5-3-4-14(12-15)9-11-22-16-7-8-18-17(13-16)20(26)25(24-18)19-6-1-2-10-23-19/h1-6,10,12,16,22,24H,7-9,11,13H2. The molecule has 0 radical (unpaired) electrons. The number of hydrogen-bond donors (Lipinski definition) is 2. The van der Waals surface area contributed by atoms with Crippen LogP contribution in [-0.4, -0.2) is 27.4 Å². The third-order valence-corrected chi connectivity index (χ3v) is 4.88. The number of aromatic amines is 1. The van der Waals surface area contributed by atoms with Crippen molar-refractivity contribution in [3.05, 3.63) is 81.7 Å². The highest BCUT2D eigenvalue weighted by atomic mass is 19.1. The van der Waals surface area contributed by atoms with E-state index in [0.717, 1.165) is 42.6 Å². The highest BCUT2D eigenvalue weighted by molar-refractivity contribution is 5.28. The van der Waals surface area contributed by atoms with Crippen molar-refractivity contribution >= 4 is 0 Å². The number of pyridine rings is 1. The summed E-state index contributed by atoms with van der Waals surface area (Å²) in [4.78, 5) is 17.0. The van der Waals surface area contributed by atoms with E-state index in [4.69, 9.17) is 0 Å². The number of hydrogen-bond acceptors (Lipinski definition) is 3. The van der Waals surface area contributed by atoms with Gasteiger partial charge in [0.1, 0.15) is 5.82 Å². The Labute approximate surface area is 150 Å². The number of halogens is 1. The molecular weight excluding hydrogens is 331 g/mol. The Bertz CT molecular complexity index is 948. The molecule has 1 aliphatic carbocycles. The molecule has 0 amide bonds. The van der Waals surface area contributed by atoms with Crippen molar-refractivity contribution in [1.29, 1.82) is 0 Å². The molecule has 1 unspecified atom stereocenters. The molecule has 0 fully saturated rings. The Balaban J connectivity index is 1.42. The molecule has 3 aromatic rings. The van der Waals surface area contributed by atoms with Crippen LogP contribution in [0.5, 0.6) is 0 Å². The third kappa shape index (κ3) is 3.46. The summed E-state index contributed by atoms with van der Waals surface area (Å²) in [7, 11) is 0. The van der Waals surface area contributed by atoms with Crippen molar-refractivity contribution in [2.24, 2.45) is 0 Å². The Morgan fingerprint density at radius 3 is 3.00 bits per heavy atom. The third-order valence-electron chi connectivity index (χ3n) is 4.88. The molecule has 5 nitrogen and oxygen atoms in total. The lowest BCUT2D eigenvalue weighted by molar-refractivity contribution is 0.458. The molecule has 1 aromatic carbocycles. The zero-order chi connectivity index (χ0) is 17.9. The molecule has 0 bridgehead atoms. The minimum absolute atomic E-state index is 0.0182. The number of H-pyrrole nitrogens is 1. The monoisotopic (exact) mass is 352 g/mol. The molecule has 1 aliphatic rings. The van der Waals surface area contributed by atoms with Gasteiger partial charge in [0.25, 0.3) is 5.56 Å². The lowest BCUT2D eigenvalue weighted by atomic mass is 9.93. The normalized spacial score (nSPS) is 16.4. The summed E-state index contributed by atoms with van der Waals surface area (Å²) in [6, 6.07) is 12.5. The number of nitrogens with one attached hydrogen (secondary N) is 2. The zero-order valence-corrected chi connectivity index (χ0v) is 14.4. The summed E-state index contributed by atoms with van der Waals surface area (Å²) >= 11 is 0. The summed E-state index contributed by atoms with van der Waals surface area (Å²) in [6.07, 6.45) is 4.96. The van der Waals surface area contributed by atoms with Gasteiger partial charge in [-0.15, -0.1) is 0 Å². The Morgan fingerprint density at radius 1 is 1.27 bits per heavy atom. The Morgan fingerprint density at radius 2 is 2.19 bits per heavy atom. The van der Waals surface area contributed by atoms with Crippen LogP contribution in [0.4, 0.5) is 4.39 Å². The summed E-state index contributed by atoms with van der Waals surface area (Å²) < 4.78 is 14.8. The highest BCUT2D eigenvalue weighted by Crippen LogP contribution is 2.18. The van der Waals surface area contributed by atoms with Crippen molar-refractivity contribution in [1.82, 2.24) is 20.1 Å². The van der Waals surface area contributed by atoms with E-state index in [2.05, 4.69) is 15.4 Å². The quantitative estimate of drug-likeness (QED) is 0.741. The first-order valence-corrected chi connectivity index (χ1v) is 8.93. The minimum Gasteiger partial charge on any atom is -0.313 e. The van der Waals surface area contributed by atoms with Crippen LogP contribution >= 0.6 is 0 Å². The lowest BCUT2D eigenvalue weighted by Crippen LogP contribution is -2.37. The lowest BCUT2D eigenvalue weighted by Gasteiger charge is -2.22. The fraction of sp³-hybridized carbons (Fsp3) is 0.300. The van der Waals surface area contributed by atoms with E-state index >= 15 is 0 Å². The van der Waals surface area contributed by atoms with Gasteiger partial charge in [-0.2, -0.15) is 0 Å². The maximum absolute atomic E-state index is 13.2. The predicted octanol–water partition coefficient (Wildman–Crippen LogP) is 2.39. The molecule has 2 aromatic heterocycles. The second-order valence-corrected chi connectivity index (χ2v) is 6.67. The summed E-state index contributed by atoms with van der Waals surface area (Å²) in [6.45, 7) is 0.766. The molecular formula is C20H21FN4O. The van der Waals surface area contributed by atoms with Gasteiger partial charge in [0, 0.05) is 23.5 Å². The maximum atomic E-state index is 13.2. The molecule has 26 heavy (non-hydrogen) atoms. The van der Waals surface area contributed by atoms with Crippen molar-refractivity contribution < 1.29 is 4.39 Å². The van der Waals surface area contributed by atoms with Crippen LogP contribution in [0.3, 0.4) is 0 Å². The Kier molecular flexibility index (Phi) is 4.67. The van der Waals surface area contributed by atoms with Crippen LogP contribution in [0.25, 0.3) is 5.82 Å². The number of aromatic nitrogens is 3. The van der Waals surface area contributed by atoms with Crippen molar-refractivity contribution in [3.8, 4) is 5.82 Å². The first-order chi connectivity index (χ1) is 12.7. The van der Waals surface area contributed by atoms with Gasteiger partial charge in [-0.1, -0.05) is 18.2 Å². The van der Waals surface area contributed by atoms with Gasteiger partial charge < -0.3 is 5.32 Å². The van der Waals surface area contributed by atoms with Gasteiger partial charge >= 0.3 is 0 Å². The van der Waals surface area contributed by atoms with Crippen LogP contribution in [-0.2, 0) is 19.3 Å². The van der Waals surface area contributed by atoms with Crippen molar-refractivity contribution in [2.45, 2.75) is 31.7 Å². The van der Waals surface area contributed by atoms with Crippen molar-refractivity contribution in [2.75, 3.05) is 6.54 Å². The number of fused-ring (bicyclic) bond motifs is 1. The number of rotatable bonds is 5. The minimum atomic E-state index is -0.202. The molecule has 6 heteroatoms. The molecule has 0 spiro atoms. The first kappa shape index (κ1) is 16.7. The predicted molar refractivity (Wildman–Crippen MR) is 98.1 cm³/mol. The molecule has 4 rings (SSSR count). The fourth-order valence-electron chi connectivity index (χ4n) is 3.54. The molecule has 0 saturated carbocycles. The van der Waals surface area contributed by atoms with E-state index in [-0.39, 0.29) is 17.4 Å². The second kappa shape index (κ2) is 7.25. The summed E-state index contributed by atoms with van der Waals surface area (Å²) in [5, 5.41) is 6.71. The van der Waals surface area contributed by atoms with Gasteiger partial charge in [0.05, 0.1) is 0 Å². The average molecular weight is 352 g/mol. The van der Waals surface area contributed by atoms with Gasteiger partial charge in [0.2, 0.25) is 0 Å². The zero-order valence-electron chi connectivity index (χ0n) is 14.4. The molecule has 134 valence electrons. The molecule has 0 saturated heterocycles. The van der Waals surface area contributed by atoms with Gasteiger partial charge in [-0.05, 0) is 62.1 Å². The summed E-state index contributed by atoms with van der Waals surface area (Å²) in [5.41, 5.74) is 2.80. The van der Waals surface area contributed by atoms with Gasteiger partial charge in [-0.25, -0.2) is 14.1 Å². The van der Waals surface area contributed by atoms with Gasteiger partial charge in [-0.3, -0.25) is 9.89 Å². The van der Waals surface area contributed by atoms with Crippen LogP contribution < -0.4 is 10.9 Å². The van der Waals surface area contributed by atoms with Crippen LogP contribution in [0.15, 0.2) is 53.5 Å². The molecule has 1 atom stereocenters. The Hall–Kier alpha value is -2.73. The maximum Gasteiger partial charge on any atom is 0.276 e. The van der Waals surface area contributed by atoms with E-state index < -0.39 is 0 Å². The molecule has 2 heterocycles. The second-order valence-electron chi connectivity index (χ2n) is 6.67. The first-order valence-electron chi connectivity index (χ1n) is 8.93. The topological polar surface area (TPSA) is 62.7 Å². The number of nitrogens with zero attached hydrogens (tertiary/aromatic N) is 2. The van der Waals surface area contributed by atoms with E-state index in [9.17, 15) is 9.18 Å². The van der Waals surface area contributed by atoms with E-state index in [0.29, 0.717) is 12.2 Å². The number of benzene rings is 1. The van der Waals surface area contributed by atoms with E-state index in [1.165, 1.54) is 10.7 Å². The van der Waals surface area contributed by atoms with Crippen LogP contribution in [0.1, 0.15) is 23.2 Å². The van der Waals surface area contributed by atoms with E-state index in [1.807, 2.05) is 24.3 Å². The van der Waals surface area contributed by atoms with Crippen LogP contribution in [0.2, 0.25) is 0 Å². The largest absolute Gasteiger partial charge is 0.313 e. The SMILES string of the molecule is O=c1c2c([nH]n1-c1ccccn1)CCC(NCCc1cccc(F)c1)C2. The van der Waals surface area contributed by atoms with Gasteiger partial charge in [0.15, 0.2) is 5.82 Å². The summed E-state index contributed by atoms with van der Waals surface area (Å²) in [5.74, 6) is 0.412. The van der Waals surface area contributed by atoms with Crippen molar-refractivity contribution in [3.63, 3.8) is 0 Å². The smallest absolute Gasteiger partial charge is 0.276 e. The van der Waals surface area contributed by atoms with E-state index in [1.54, 1.807) is 18.3 Å². The number of aryl methyl sites for hydroxylation is 1. The highest BCUT2D eigenvalue weighted by Gasteiger charge is 2.24. The average Bonchev–Trinajstić information content (AvgIpc) is 2.99. The van der Waals surface area contributed by atoms with Crippen LogP contribution in [0, 0.1) is 5.82 Å². The molecule has 0 aliphatic heterocycles. The fourth-order valence-corrected chi connectivity index (χ4v) is 3.54. The molecule has 2 N–H and O–H groups in total.